The molecule has 0 atom stereocenters. The Labute approximate surface area is 187 Å². The summed E-state index contributed by atoms with van der Waals surface area (Å²) in [6.07, 6.45) is 0. The first kappa shape index (κ1) is 21.2. The molecule has 4 rings (SSSR count). The standard InChI is InChI=1S/C23H18ClN5O3/c1-14-6-11-22(31)29(28-14)13-21(30)26-27-23(32)18-12-20(15-7-9-16(24)10-8-15)25-19-5-3-2-4-17(18)19/h2-12H,13H2,1H3,(H,26,30)(H,27,32). The molecule has 0 saturated heterocycles. The molecule has 0 aliphatic heterocycles. The third-order valence-corrected chi connectivity index (χ3v) is 4.96. The third-order valence-electron chi connectivity index (χ3n) is 4.71. The normalized spacial score (nSPS) is 10.7. The number of hydrazine groups is 1. The second-order valence-electron chi connectivity index (χ2n) is 7.05. The number of benzene rings is 2. The van der Waals surface area contributed by atoms with Crippen molar-refractivity contribution in [2.75, 3.05) is 0 Å². The summed E-state index contributed by atoms with van der Waals surface area (Å²) in [5.41, 5.74) is 7.27. The van der Waals surface area contributed by atoms with Crippen LogP contribution in [0.3, 0.4) is 0 Å². The highest BCUT2D eigenvalue weighted by Gasteiger charge is 2.15. The van der Waals surface area contributed by atoms with E-state index in [1.807, 2.05) is 18.2 Å². The summed E-state index contributed by atoms with van der Waals surface area (Å²) in [6, 6.07) is 18.9. The number of aromatic nitrogens is 3. The van der Waals surface area contributed by atoms with Crippen molar-refractivity contribution >= 4 is 34.3 Å². The fourth-order valence-corrected chi connectivity index (χ4v) is 3.29. The van der Waals surface area contributed by atoms with E-state index in [2.05, 4.69) is 20.9 Å². The van der Waals surface area contributed by atoms with E-state index in [1.165, 1.54) is 6.07 Å². The molecule has 32 heavy (non-hydrogen) atoms. The molecule has 160 valence electrons. The topological polar surface area (TPSA) is 106 Å². The molecule has 0 saturated carbocycles. The van der Waals surface area contributed by atoms with Crippen molar-refractivity contribution < 1.29 is 9.59 Å². The number of pyridine rings is 1. The maximum absolute atomic E-state index is 12.9. The Morgan fingerprint density at radius 3 is 2.53 bits per heavy atom. The number of nitrogens with one attached hydrogen (secondary N) is 2. The third kappa shape index (κ3) is 4.65. The number of aryl methyl sites for hydroxylation is 1. The SMILES string of the molecule is Cc1ccc(=O)n(CC(=O)NNC(=O)c2cc(-c3ccc(Cl)cc3)nc3ccccc23)n1. The van der Waals surface area contributed by atoms with Crippen LogP contribution in [-0.2, 0) is 11.3 Å². The largest absolute Gasteiger partial charge is 0.271 e. The maximum atomic E-state index is 12.9. The lowest BCUT2D eigenvalue weighted by Crippen LogP contribution is -2.44. The van der Waals surface area contributed by atoms with Gasteiger partial charge in [-0.1, -0.05) is 41.9 Å². The lowest BCUT2D eigenvalue weighted by atomic mass is 10.0. The van der Waals surface area contributed by atoms with Crippen LogP contribution >= 0.6 is 11.6 Å². The van der Waals surface area contributed by atoms with E-state index in [9.17, 15) is 14.4 Å². The highest BCUT2D eigenvalue weighted by molar-refractivity contribution is 6.30. The van der Waals surface area contributed by atoms with Gasteiger partial charge in [0.2, 0.25) is 0 Å². The number of fused-ring (bicyclic) bond motifs is 1. The first-order chi connectivity index (χ1) is 15.4. The van der Waals surface area contributed by atoms with Crippen LogP contribution in [0.1, 0.15) is 16.1 Å². The number of hydrogen-bond acceptors (Lipinski definition) is 5. The molecule has 2 N–H and O–H groups in total. The highest BCUT2D eigenvalue weighted by atomic mass is 35.5. The van der Waals surface area contributed by atoms with Gasteiger partial charge in [0.05, 0.1) is 22.5 Å². The molecule has 0 fully saturated rings. The summed E-state index contributed by atoms with van der Waals surface area (Å²) < 4.78 is 1.03. The second kappa shape index (κ2) is 8.99. The van der Waals surface area contributed by atoms with E-state index < -0.39 is 17.4 Å². The van der Waals surface area contributed by atoms with E-state index in [1.54, 1.807) is 49.4 Å². The quantitative estimate of drug-likeness (QED) is 0.468. The molecule has 9 heteroatoms. The van der Waals surface area contributed by atoms with Crippen molar-refractivity contribution in [2.45, 2.75) is 13.5 Å². The van der Waals surface area contributed by atoms with Crippen LogP contribution < -0.4 is 16.4 Å². The molecule has 8 nitrogen and oxygen atoms in total. The molecule has 2 aromatic heterocycles. The van der Waals surface area contributed by atoms with Gasteiger partial charge in [-0.15, -0.1) is 0 Å². The van der Waals surface area contributed by atoms with Gasteiger partial charge in [0.15, 0.2) is 0 Å². The summed E-state index contributed by atoms with van der Waals surface area (Å²) in [7, 11) is 0. The maximum Gasteiger partial charge on any atom is 0.270 e. The molecule has 2 amide bonds. The van der Waals surface area contributed by atoms with Gasteiger partial charge in [-0.3, -0.25) is 25.2 Å². The predicted octanol–water partition coefficient (Wildman–Crippen LogP) is 2.88. The van der Waals surface area contributed by atoms with Gasteiger partial charge in [0.1, 0.15) is 6.54 Å². The van der Waals surface area contributed by atoms with Gasteiger partial charge in [-0.05, 0) is 37.3 Å². The Morgan fingerprint density at radius 2 is 1.75 bits per heavy atom. The first-order valence-corrected chi connectivity index (χ1v) is 10.1. The van der Waals surface area contributed by atoms with Crippen LogP contribution in [0.5, 0.6) is 0 Å². The summed E-state index contributed by atoms with van der Waals surface area (Å²) in [6.45, 7) is 1.39. The monoisotopic (exact) mass is 447 g/mol. The van der Waals surface area contributed by atoms with Crippen molar-refractivity contribution in [3.8, 4) is 11.3 Å². The smallest absolute Gasteiger partial charge is 0.270 e. The average molecular weight is 448 g/mol. The van der Waals surface area contributed by atoms with E-state index in [0.717, 1.165) is 10.2 Å². The van der Waals surface area contributed by atoms with E-state index >= 15 is 0 Å². The van der Waals surface area contributed by atoms with Crippen LogP contribution in [0.4, 0.5) is 0 Å². The zero-order valence-corrected chi connectivity index (χ0v) is 17.8. The number of rotatable bonds is 4. The Hall–Kier alpha value is -4.04. The summed E-state index contributed by atoms with van der Waals surface area (Å²) in [4.78, 5) is 41.6. The van der Waals surface area contributed by atoms with Crippen LogP contribution in [0.2, 0.25) is 5.02 Å². The zero-order chi connectivity index (χ0) is 22.7. The van der Waals surface area contributed by atoms with Gasteiger partial charge < -0.3 is 0 Å². The number of carbonyl (C=O) groups excluding carboxylic acids is 2. The molecule has 0 radical (unpaired) electrons. The fourth-order valence-electron chi connectivity index (χ4n) is 3.17. The van der Waals surface area contributed by atoms with Gasteiger partial charge in [0, 0.05) is 22.0 Å². The van der Waals surface area contributed by atoms with E-state index in [4.69, 9.17) is 11.6 Å². The first-order valence-electron chi connectivity index (χ1n) is 9.70. The molecular weight excluding hydrogens is 430 g/mol. The molecule has 2 heterocycles. The lowest BCUT2D eigenvalue weighted by molar-refractivity contribution is -0.122. The Kier molecular flexibility index (Phi) is 5.96. The van der Waals surface area contributed by atoms with Crippen LogP contribution in [-0.4, -0.2) is 26.6 Å². The van der Waals surface area contributed by atoms with E-state index in [-0.39, 0.29) is 6.54 Å². The molecule has 0 aliphatic carbocycles. The van der Waals surface area contributed by atoms with Crippen LogP contribution in [0.25, 0.3) is 22.2 Å². The van der Waals surface area contributed by atoms with Gasteiger partial charge >= 0.3 is 0 Å². The number of hydrogen-bond donors (Lipinski definition) is 2. The molecular formula is C23H18ClN5O3. The summed E-state index contributed by atoms with van der Waals surface area (Å²) >= 11 is 5.97. The highest BCUT2D eigenvalue weighted by Crippen LogP contribution is 2.25. The molecule has 0 aliphatic rings. The minimum atomic E-state index is -0.588. The molecule has 4 aromatic rings. The average Bonchev–Trinajstić information content (AvgIpc) is 2.79. The van der Waals surface area contributed by atoms with E-state index in [0.29, 0.717) is 32.9 Å². The lowest BCUT2D eigenvalue weighted by Gasteiger charge is -2.12. The van der Waals surface area contributed by atoms with Crippen molar-refractivity contribution in [1.82, 2.24) is 25.6 Å². The number of amides is 2. The summed E-state index contributed by atoms with van der Waals surface area (Å²) in [5.74, 6) is -1.11. The molecule has 0 unspecified atom stereocenters. The minimum Gasteiger partial charge on any atom is -0.271 e. The fraction of sp³-hybridized carbons (Fsp3) is 0.0870. The number of halogens is 1. The Bertz CT molecular complexity index is 1380. The zero-order valence-electron chi connectivity index (χ0n) is 17.0. The molecule has 0 spiro atoms. The van der Waals surface area contributed by atoms with Crippen LogP contribution in [0, 0.1) is 6.92 Å². The second-order valence-corrected chi connectivity index (χ2v) is 7.49. The van der Waals surface area contributed by atoms with Crippen molar-refractivity contribution in [3.05, 3.63) is 93.4 Å². The van der Waals surface area contributed by atoms with Crippen molar-refractivity contribution in [3.63, 3.8) is 0 Å². The molecule has 2 aromatic carbocycles. The van der Waals surface area contributed by atoms with Gasteiger partial charge in [-0.25, -0.2) is 9.67 Å². The van der Waals surface area contributed by atoms with Gasteiger partial charge in [0.25, 0.3) is 17.4 Å². The van der Waals surface area contributed by atoms with Crippen LogP contribution in [0.15, 0.2) is 71.5 Å². The predicted molar refractivity (Wildman–Crippen MR) is 121 cm³/mol. The minimum absolute atomic E-state index is 0.325. The van der Waals surface area contributed by atoms with Crippen molar-refractivity contribution in [2.24, 2.45) is 0 Å². The summed E-state index contributed by atoms with van der Waals surface area (Å²) in [5, 5.41) is 5.23. The number of para-hydroxylation sites is 1. The number of nitrogens with zero attached hydrogens (tertiary/aromatic N) is 3. The number of carbonyl (C=O) groups is 2. The van der Waals surface area contributed by atoms with Crippen molar-refractivity contribution in [1.29, 1.82) is 0 Å². The van der Waals surface area contributed by atoms with Gasteiger partial charge in [-0.2, -0.15) is 5.10 Å². The Balaban J connectivity index is 1.57. The Morgan fingerprint density at radius 1 is 1.00 bits per heavy atom. The molecule has 0 bridgehead atoms.